The van der Waals surface area contributed by atoms with Gasteiger partial charge in [0.15, 0.2) is 17.8 Å². The van der Waals surface area contributed by atoms with Crippen molar-refractivity contribution in [2.75, 3.05) is 26.3 Å². The standard InChI is InChI=1S/C28H34F2N2O10S/c1-16(2)13-32(43(36,37)19-7-8-23-24(12-19)42-28(29,30)41-23)14-22(34)21(11-17-3-5-18(33)6-4-17)31-27(35)40-25-15-39-26-20(25)9-10-38-26/h3-8,12,16,20-22,25-26,33-34H,9-11,13-15H2,1-2H3,(H,31,35)/t20-,21-,22+,25-,26+/m0/s1. The van der Waals surface area contributed by atoms with E-state index in [-0.39, 0.29) is 47.8 Å². The van der Waals surface area contributed by atoms with E-state index in [0.29, 0.717) is 18.6 Å². The fraction of sp³-hybridized carbons (Fsp3) is 0.536. The van der Waals surface area contributed by atoms with E-state index in [4.69, 9.17) is 14.2 Å². The highest BCUT2D eigenvalue weighted by Crippen LogP contribution is 2.42. The van der Waals surface area contributed by atoms with Crippen LogP contribution in [-0.4, -0.2) is 86.2 Å². The number of nitrogens with zero attached hydrogens (tertiary/aromatic N) is 1. The molecule has 236 valence electrons. The number of hydrogen-bond donors (Lipinski definition) is 3. The number of aliphatic hydroxyl groups excluding tert-OH is 1. The van der Waals surface area contributed by atoms with Crippen LogP contribution in [0.5, 0.6) is 17.2 Å². The van der Waals surface area contributed by atoms with E-state index in [1.807, 2.05) is 0 Å². The molecule has 5 atom stereocenters. The van der Waals surface area contributed by atoms with E-state index in [0.717, 1.165) is 22.5 Å². The van der Waals surface area contributed by atoms with Gasteiger partial charge in [-0.15, -0.1) is 8.78 Å². The number of aliphatic hydroxyl groups is 1. The first kappa shape index (κ1) is 31.2. The summed E-state index contributed by atoms with van der Waals surface area (Å²) in [6.07, 6.45) is -6.42. The highest BCUT2D eigenvalue weighted by molar-refractivity contribution is 7.89. The maximum atomic E-state index is 13.7. The average Bonchev–Trinajstić information content (AvgIpc) is 3.62. The van der Waals surface area contributed by atoms with Gasteiger partial charge in [-0.25, -0.2) is 13.2 Å². The van der Waals surface area contributed by atoms with E-state index >= 15 is 0 Å². The molecule has 5 rings (SSSR count). The van der Waals surface area contributed by atoms with Gasteiger partial charge in [0.25, 0.3) is 0 Å². The van der Waals surface area contributed by atoms with Crippen molar-refractivity contribution < 1.29 is 55.9 Å². The Bertz CT molecular complexity index is 1410. The summed E-state index contributed by atoms with van der Waals surface area (Å²) in [6.45, 7) is 3.74. The third-order valence-electron chi connectivity index (χ3n) is 7.37. The van der Waals surface area contributed by atoms with E-state index in [1.54, 1.807) is 26.0 Å². The third kappa shape index (κ3) is 7.29. The Kier molecular flexibility index (Phi) is 9.00. The molecule has 0 bridgehead atoms. The summed E-state index contributed by atoms with van der Waals surface area (Å²) >= 11 is 0. The predicted octanol–water partition coefficient (Wildman–Crippen LogP) is 2.82. The summed E-state index contributed by atoms with van der Waals surface area (Å²) in [5, 5.41) is 23.7. The van der Waals surface area contributed by atoms with Crippen LogP contribution in [0.1, 0.15) is 25.8 Å². The predicted molar refractivity (Wildman–Crippen MR) is 145 cm³/mol. The Morgan fingerprint density at radius 2 is 1.84 bits per heavy atom. The lowest BCUT2D eigenvalue weighted by molar-refractivity contribution is -0.286. The van der Waals surface area contributed by atoms with Gasteiger partial charge in [0, 0.05) is 19.2 Å². The molecular formula is C28H34F2N2O10S. The van der Waals surface area contributed by atoms with Crippen molar-refractivity contribution in [3.05, 3.63) is 48.0 Å². The second-order valence-electron chi connectivity index (χ2n) is 11.1. The summed E-state index contributed by atoms with van der Waals surface area (Å²) in [5.41, 5.74) is 0.644. The van der Waals surface area contributed by atoms with Crippen molar-refractivity contribution in [3.8, 4) is 17.2 Å². The van der Waals surface area contributed by atoms with Crippen LogP contribution >= 0.6 is 0 Å². The van der Waals surface area contributed by atoms with Crippen LogP contribution in [0.4, 0.5) is 13.6 Å². The van der Waals surface area contributed by atoms with Gasteiger partial charge >= 0.3 is 12.4 Å². The van der Waals surface area contributed by atoms with E-state index < -0.39 is 59.2 Å². The minimum absolute atomic E-state index is 0.0249. The number of rotatable bonds is 11. The summed E-state index contributed by atoms with van der Waals surface area (Å²) in [7, 11) is -4.33. The normalized spacial score (nSPS) is 23.7. The number of fused-ring (bicyclic) bond motifs is 2. The monoisotopic (exact) mass is 628 g/mol. The van der Waals surface area contributed by atoms with Crippen molar-refractivity contribution in [1.82, 2.24) is 9.62 Å². The van der Waals surface area contributed by atoms with Crippen LogP contribution in [-0.2, 0) is 30.7 Å². The molecule has 2 aromatic rings. The van der Waals surface area contributed by atoms with Crippen LogP contribution in [0.3, 0.4) is 0 Å². The molecule has 15 heteroatoms. The number of nitrogens with one attached hydrogen (secondary N) is 1. The number of alkyl halides is 2. The molecule has 3 aliphatic rings. The van der Waals surface area contributed by atoms with E-state index in [9.17, 15) is 32.2 Å². The Balaban J connectivity index is 1.35. The highest BCUT2D eigenvalue weighted by Gasteiger charge is 2.45. The summed E-state index contributed by atoms with van der Waals surface area (Å²) in [5.74, 6) is -1.01. The van der Waals surface area contributed by atoms with Crippen molar-refractivity contribution in [2.45, 2.75) is 62.4 Å². The topological polar surface area (TPSA) is 153 Å². The van der Waals surface area contributed by atoms with Crippen molar-refractivity contribution in [2.24, 2.45) is 11.8 Å². The second kappa shape index (κ2) is 12.4. The van der Waals surface area contributed by atoms with Crippen LogP contribution in [0.2, 0.25) is 0 Å². The molecule has 3 aliphatic heterocycles. The molecule has 2 fully saturated rings. The molecule has 0 radical (unpaired) electrons. The largest absolute Gasteiger partial charge is 0.586 e. The molecule has 3 heterocycles. The Morgan fingerprint density at radius 3 is 2.56 bits per heavy atom. The zero-order chi connectivity index (χ0) is 30.9. The lowest BCUT2D eigenvalue weighted by atomic mass is 10.0. The molecule has 0 aliphatic carbocycles. The molecule has 1 amide bonds. The highest BCUT2D eigenvalue weighted by atomic mass is 32.2. The number of sulfonamides is 1. The average molecular weight is 629 g/mol. The number of halogens is 2. The maximum absolute atomic E-state index is 13.7. The van der Waals surface area contributed by atoms with Gasteiger partial charge in [-0.2, -0.15) is 4.31 Å². The van der Waals surface area contributed by atoms with Crippen molar-refractivity contribution >= 4 is 16.1 Å². The quantitative estimate of drug-likeness (QED) is 0.339. The van der Waals surface area contributed by atoms with Gasteiger partial charge < -0.3 is 39.2 Å². The zero-order valence-electron chi connectivity index (χ0n) is 23.5. The lowest BCUT2D eigenvalue weighted by Crippen LogP contribution is -2.51. The Morgan fingerprint density at radius 1 is 1.12 bits per heavy atom. The van der Waals surface area contributed by atoms with Gasteiger partial charge in [0.1, 0.15) is 11.9 Å². The van der Waals surface area contributed by atoms with Gasteiger partial charge in [-0.05, 0) is 48.6 Å². The number of phenols is 1. The fourth-order valence-electron chi connectivity index (χ4n) is 5.29. The fourth-order valence-corrected chi connectivity index (χ4v) is 6.93. The number of hydrogen-bond acceptors (Lipinski definition) is 10. The molecule has 0 aromatic heterocycles. The number of phenolic OH excluding ortho intramolecular Hbond substituents is 1. The van der Waals surface area contributed by atoms with Gasteiger partial charge in [0.2, 0.25) is 10.0 Å². The minimum atomic E-state index is -4.33. The summed E-state index contributed by atoms with van der Waals surface area (Å²) in [4.78, 5) is 12.7. The maximum Gasteiger partial charge on any atom is 0.586 e. The number of alkyl carbamates (subject to hydrolysis) is 1. The van der Waals surface area contributed by atoms with Crippen molar-refractivity contribution in [3.63, 3.8) is 0 Å². The minimum Gasteiger partial charge on any atom is -0.508 e. The molecule has 43 heavy (non-hydrogen) atoms. The lowest BCUT2D eigenvalue weighted by Gasteiger charge is -2.31. The first-order valence-corrected chi connectivity index (χ1v) is 15.3. The molecule has 0 spiro atoms. The number of amides is 1. The second-order valence-corrected chi connectivity index (χ2v) is 13.1. The molecule has 2 saturated heterocycles. The number of carbonyl (C=O) groups excluding carboxylic acids is 1. The zero-order valence-corrected chi connectivity index (χ0v) is 24.3. The van der Waals surface area contributed by atoms with Gasteiger partial charge in [-0.3, -0.25) is 0 Å². The number of carbonyl (C=O) groups is 1. The SMILES string of the molecule is CC(C)CN(C[C@@H](O)[C@H](Cc1ccc(O)cc1)NC(=O)O[C@H]1CO[C@H]2OCC[C@H]21)S(=O)(=O)c1ccc2c(c1)OC(F)(F)O2. The molecule has 0 unspecified atom stereocenters. The first-order valence-electron chi connectivity index (χ1n) is 13.9. The Hall–Kier alpha value is -3.24. The van der Waals surface area contributed by atoms with Crippen LogP contribution in [0.25, 0.3) is 0 Å². The number of benzene rings is 2. The molecule has 3 N–H and O–H groups in total. The van der Waals surface area contributed by atoms with Crippen LogP contribution in [0, 0.1) is 11.8 Å². The van der Waals surface area contributed by atoms with Crippen LogP contribution < -0.4 is 14.8 Å². The van der Waals surface area contributed by atoms with Gasteiger partial charge in [0.05, 0.1) is 36.2 Å². The summed E-state index contributed by atoms with van der Waals surface area (Å²) < 4.78 is 80.9. The molecule has 12 nitrogen and oxygen atoms in total. The molecule has 2 aromatic carbocycles. The van der Waals surface area contributed by atoms with E-state index in [1.165, 1.54) is 12.1 Å². The smallest absolute Gasteiger partial charge is 0.508 e. The molecular weight excluding hydrogens is 594 g/mol. The Labute approximate surface area is 247 Å². The van der Waals surface area contributed by atoms with Gasteiger partial charge in [-0.1, -0.05) is 26.0 Å². The van der Waals surface area contributed by atoms with Crippen LogP contribution in [0.15, 0.2) is 47.4 Å². The first-order chi connectivity index (χ1) is 20.3. The summed E-state index contributed by atoms with van der Waals surface area (Å²) in [6, 6.07) is 8.24. The van der Waals surface area contributed by atoms with Crippen molar-refractivity contribution in [1.29, 1.82) is 0 Å². The third-order valence-corrected chi connectivity index (χ3v) is 9.20. The molecule has 0 saturated carbocycles. The number of ether oxygens (including phenoxy) is 5. The van der Waals surface area contributed by atoms with E-state index in [2.05, 4.69) is 14.8 Å². The number of aromatic hydroxyl groups is 1.